The van der Waals surface area contributed by atoms with Crippen LogP contribution < -0.4 is 9.32 Å². The molecule has 1 unspecified atom stereocenters. The second kappa shape index (κ2) is 6.45. The second-order valence-electron chi connectivity index (χ2n) is 4.55. The van der Waals surface area contributed by atoms with Crippen molar-refractivity contribution in [3.8, 4) is 5.75 Å². The van der Waals surface area contributed by atoms with Crippen molar-refractivity contribution in [3.63, 3.8) is 0 Å². The molecule has 0 saturated carbocycles. The van der Waals surface area contributed by atoms with Crippen molar-refractivity contribution in [2.75, 3.05) is 5.75 Å². The van der Waals surface area contributed by atoms with Crippen LogP contribution in [-0.2, 0) is 24.9 Å². The van der Waals surface area contributed by atoms with E-state index in [-0.39, 0.29) is 5.56 Å². The number of ketones is 1. The van der Waals surface area contributed by atoms with Crippen molar-refractivity contribution in [3.05, 3.63) is 29.8 Å². The average Bonchev–Trinajstić information content (AvgIpc) is 2.35. The highest BCUT2D eigenvalue weighted by Gasteiger charge is 2.48. The number of carbonyl (C=O) groups excluding carboxylic acids is 1. The van der Waals surface area contributed by atoms with Crippen LogP contribution in [0.5, 0.6) is 5.75 Å². The number of rotatable bonds is 6. The Morgan fingerprint density at radius 1 is 1.17 bits per heavy atom. The Morgan fingerprint density at radius 2 is 1.65 bits per heavy atom. The average molecular weight is 375 g/mol. The topological polar surface area (TPSA) is 121 Å². The molecule has 0 spiro atoms. The van der Waals surface area contributed by atoms with Crippen LogP contribution >= 0.6 is 0 Å². The Hall–Kier alpha value is -1.66. The molecule has 2 N–H and O–H groups in total. The lowest BCUT2D eigenvalue weighted by Crippen LogP contribution is -2.28. The molecule has 7 nitrogen and oxygen atoms in total. The fraction of sp³-hybridized carbons (Fsp3) is 0.364. The Kier molecular flexibility index (Phi) is 5.44. The van der Waals surface area contributed by atoms with E-state index in [4.69, 9.17) is 5.14 Å². The van der Waals surface area contributed by atoms with Gasteiger partial charge in [0.1, 0.15) is 11.5 Å². The number of sulfonamides is 1. The number of benzene rings is 1. The van der Waals surface area contributed by atoms with Gasteiger partial charge in [0.15, 0.2) is 5.78 Å². The lowest BCUT2D eigenvalue weighted by Gasteiger charge is -2.12. The smallest absolute Gasteiger partial charge is 0.376 e. The summed E-state index contributed by atoms with van der Waals surface area (Å²) in [5, 5.41) is 4.74. The van der Waals surface area contributed by atoms with Gasteiger partial charge in [0.05, 0.1) is 0 Å². The van der Waals surface area contributed by atoms with Crippen LogP contribution in [0.15, 0.2) is 24.3 Å². The van der Waals surface area contributed by atoms with Gasteiger partial charge < -0.3 is 4.18 Å². The monoisotopic (exact) mass is 375 g/mol. The van der Waals surface area contributed by atoms with Crippen LogP contribution in [0.1, 0.15) is 18.4 Å². The maximum atomic E-state index is 12.2. The van der Waals surface area contributed by atoms with Crippen molar-refractivity contribution in [2.24, 2.45) is 5.14 Å². The molecule has 1 rings (SSSR count). The SMILES string of the molecule is CC(C(=O)CS(N)(=O)=O)c1ccc(OS(=O)(=O)C(F)(F)F)cc1. The fourth-order valence-corrected chi connectivity index (χ4v) is 2.60. The minimum Gasteiger partial charge on any atom is -0.376 e. The molecule has 0 radical (unpaired) electrons. The number of hydrogen-bond donors (Lipinski definition) is 1. The minimum absolute atomic E-state index is 0.260. The van der Waals surface area contributed by atoms with E-state index in [0.717, 1.165) is 24.3 Å². The molecule has 130 valence electrons. The van der Waals surface area contributed by atoms with Crippen molar-refractivity contribution in [2.45, 2.75) is 18.3 Å². The number of nitrogens with two attached hydrogens (primary N) is 1. The van der Waals surface area contributed by atoms with E-state index in [1.807, 2.05) is 0 Å². The summed E-state index contributed by atoms with van der Waals surface area (Å²) in [7, 11) is -9.79. The molecule has 0 aromatic heterocycles. The van der Waals surface area contributed by atoms with E-state index in [9.17, 15) is 34.8 Å². The highest BCUT2D eigenvalue weighted by molar-refractivity contribution is 7.89. The predicted octanol–water partition coefficient (Wildman–Crippen LogP) is 0.876. The van der Waals surface area contributed by atoms with E-state index in [0.29, 0.717) is 0 Å². The molecule has 23 heavy (non-hydrogen) atoms. The van der Waals surface area contributed by atoms with E-state index in [2.05, 4.69) is 4.18 Å². The van der Waals surface area contributed by atoms with Gasteiger partial charge in [0.2, 0.25) is 10.0 Å². The number of primary sulfonamides is 1. The van der Waals surface area contributed by atoms with Gasteiger partial charge in [-0.05, 0) is 17.7 Å². The van der Waals surface area contributed by atoms with Crippen LogP contribution in [0, 0.1) is 0 Å². The van der Waals surface area contributed by atoms with Gasteiger partial charge in [-0.3, -0.25) is 4.79 Å². The van der Waals surface area contributed by atoms with Crippen LogP contribution in [-0.4, -0.2) is 33.9 Å². The molecule has 12 heteroatoms. The van der Waals surface area contributed by atoms with Crippen LogP contribution in [0.4, 0.5) is 13.2 Å². The largest absolute Gasteiger partial charge is 0.534 e. The third kappa shape index (κ3) is 5.48. The van der Waals surface area contributed by atoms with Crippen molar-refractivity contribution in [1.82, 2.24) is 0 Å². The van der Waals surface area contributed by atoms with Gasteiger partial charge in [-0.1, -0.05) is 19.1 Å². The number of halogens is 3. The van der Waals surface area contributed by atoms with E-state index < -0.39 is 48.9 Å². The summed E-state index contributed by atoms with van der Waals surface area (Å²) in [5.41, 5.74) is -5.31. The molecule has 0 fully saturated rings. The predicted molar refractivity (Wildman–Crippen MR) is 73.4 cm³/mol. The molecular weight excluding hydrogens is 363 g/mol. The van der Waals surface area contributed by atoms with Gasteiger partial charge in [0, 0.05) is 5.92 Å². The molecule has 1 aromatic carbocycles. The zero-order valence-corrected chi connectivity index (χ0v) is 13.2. The minimum atomic E-state index is -5.79. The Labute approximate surface area is 130 Å². The number of Topliss-reactive ketones (excluding diaryl/α,β-unsaturated/α-hetero) is 1. The van der Waals surface area contributed by atoms with E-state index in [1.54, 1.807) is 0 Å². The first-order chi connectivity index (χ1) is 10.2. The molecule has 1 atom stereocenters. The van der Waals surface area contributed by atoms with Crippen LogP contribution in [0.25, 0.3) is 0 Å². The van der Waals surface area contributed by atoms with E-state index in [1.165, 1.54) is 6.92 Å². The third-order valence-electron chi connectivity index (χ3n) is 2.70. The third-order valence-corrected chi connectivity index (χ3v) is 4.36. The molecular formula is C11H12F3NO6S2. The van der Waals surface area contributed by atoms with E-state index >= 15 is 0 Å². The zero-order valence-electron chi connectivity index (χ0n) is 11.6. The van der Waals surface area contributed by atoms with Gasteiger partial charge in [-0.25, -0.2) is 13.6 Å². The lowest BCUT2D eigenvalue weighted by atomic mass is 9.98. The molecule has 1 aromatic rings. The summed E-state index contributed by atoms with van der Waals surface area (Å²) in [5.74, 6) is -3.11. The molecule has 0 saturated heterocycles. The Balaban J connectivity index is 2.91. The number of carbonyl (C=O) groups is 1. The van der Waals surface area contributed by atoms with Gasteiger partial charge in [0.25, 0.3) is 0 Å². The maximum Gasteiger partial charge on any atom is 0.534 e. The number of hydrogen-bond acceptors (Lipinski definition) is 6. The molecule has 0 aliphatic heterocycles. The van der Waals surface area contributed by atoms with Gasteiger partial charge in [-0.15, -0.1) is 0 Å². The summed E-state index contributed by atoms with van der Waals surface area (Å²) in [4.78, 5) is 11.7. The summed E-state index contributed by atoms with van der Waals surface area (Å²) in [6.07, 6.45) is 0. The maximum absolute atomic E-state index is 12.2. The normalized spacial score (nSPS) is 14.3. The fourth-order valence-electron chi connectivity index (χ4n) is 1.50. The van der Waals surface area contributed by atoms with Crippen molar-refractivity contribution in [1.29, 1.82) is 0 Å². The Morgan fingerprint density at radius 3 is 2.04 bits per heavy atom. The van der Waals surface area contributed by atoms with Crippen molar-refractivity contribution < 1.29 is 39.0 Å². The molecule has 0 aliphatic rings. The van der Waals surface area contributed by atoms with Crippen LogP contribution in [0.2, 0.25) is 0 Å². The lowest BCUT2D eigenvalue weighted by molar-refractivity contribution is -0.117. The zero-order chi connectivity index (χ0) is 18.1. The molecule has 0 bridgehead atoms. The quantitative estimate of drug-likeness (QED) is 0.582. The highest BCUT2D eigenvalue weighted by atomic mass is 32.2. The first-order valence-corrected chi connectivity index (χ1v) is 8.99. The standard InChI is InChI=1S/C11H12F3NO6S2/c1-7(10(16)6-22(15,17)18)8-2-4-9(5-3-8)21-23(19,20)11(12,13)14/h2-5,7H,6H2,1H3,(H2,15,17,18). The van der Waals surface area contributed by atoms with Crippen molar-refractivity contribution >= 4 is 25.9 Å². The summed E-state index contributed by atoms with van der Waals surface area (Å²) >= 11 is 0. The van der Waals surface area contributed by atoms with Crippen LogP contribution in [0.3, 0.4) is 0 Å². The highest BCUT2D eigenvalue weighted by Crippen LogP contribution is 2.28. The first-order valence-electron chi connectivity index (χ1n) is 5.87. The first kappa shape index (κ1) is 19.4. The summed E-state index contributed by atoms with van der Waals surface area (Å²) in [6, 6.07) is 4.12. The summed E-state index contributed by atoms with van der Waals surface area (Å²) in [6.45, 7) is 1.37. The Bertz CT molecular complexity index is 784. The molecule has 0 heterocycles. The van der Waals surface area contributed by atoms with Gasteiger partial charge >= 0.3 is 15.6 Å². The molecule has 0 aliphatic carbocycles. The second-order valence-corrected chi connectivity index (χ2v) is 7.70. The van der Waals surface area contributed by atoms with Gasteiger partial charge in [-0.2, -0.15) is 21.6 Å². The number of alkyl halides is 3. The summed E-state index contributed by atoms with van der Waals surface area (Å²) < 4.78 is 83.7. The molecule has 0 amide bonds.